The number of benzene rings is 1. The molecule has 0 radical (unpaired) electrons. The molecule has 20 heavy (non-hydrogen) atoms. The number of fused-ring (bicyclic) bond motifs is 1. The molecular weight excluding hydrogens is 250 g/mol. The average molecular weight is 273 g/mol. The molecule has 2 aromatic rings. The van der Waals surface area contributed by atoms with Crippen molar-refractivity contribution in [1.29, 1.82) is 0 Å². The lowest BCUT2D eigenvalue weighted by Crippen LogP contribution is -2.30. The Kier molecular flexibility index (Phi) is 5.92. The van der Waals surface area contributed by atoms with Crippen LogP contribution in [0.15, 0.2) is 36.5 Å². The van der Waals surface area contributed by atoms with Crippen LogP contribution in [0.4, 0.5) is 0 Å². The fourth-order valence-corrected chi connectivity index (χ4v) is 2.24. The van der Waals surface area contributed by atoms with Crippen molar-refractivity contribution in [2.75, 3.05) is 40.4 Å². The maximum absolute atomic E-state index is 5.01. The normalized spacial score (nSPS) is 11.3. The minimum Gasteiger partial charge on any atom is -0.383 e. The first-order valence-electron chi connectivity index (χ1n) is 7.02. The standard InChI is InChI=1S/C16H23N3O/c1-19(11-9-17-10-12-20-2)13-14-5-3-7-16-15(14)6-4-8-18-16/h3-8,17H,9-13H2,1-2H3. The zero-order chi connectivity index (χ0) is 14.2. The largest absolute Gasteiger partial charge is 0.383 e. The molecule has 0 amide bonds. The van der Waals surface area contributed by atoms with Gasteiger partial charge in [-0.15, -0.1) is 0 Å². The van der Waals surface area contributed by atoms with Gasteiger partial charge in [0.25, 0.3) is 0 Å². The lowest BCUT2D eigenvalue weighted by molar-refractivity contribution is 0.197. The van der Waals surface area contributed by atoms with Crippen molar-refractivity contribution in [2.24, 2.45) is 0 Å². The van der Waals surface area contributed by atoms with Gasteiger partial charge in [0, 0.05) is 44.9 Å². The number of hydrogen-bond acceptors (Lipinski definition) is 4. The third-order valence-corrected chi connectivity index (χ3v) is 3.33. The summed E-state index contributed by atoms with van der Waals surface area (Å²) < 4.78 is 5.01. The maximum Gasteiger partial charge on any atom is 0.0705 e. The number of pyridine rings is 1. The van der Waals surface area contributed by atoms with Crippen LogP contribution in [0, 0.1) is 0 Å². The van der Waals surface area contributed by atoms with E-state index in [0.29, 0.717) is 0 Å². The van der Waals surface area contributed by atoms with Gasteiger partial charge in [0.2, 0.25) is 0 Å². The van der Waals surface area contributed by atoms with Crippen LogP contribution in [-0.4, -0.2) is 50.3 Å². The summed E-state index contributed by atoms with van der Waals surface area (Å²) in [6.45, 7) is 4.60. The number of likely N-dealkylation sites (N-methyl/N-ethyl adjacent to an activating group) is 1. The number of aromatic nitrogens is 1. The zero-order valence-corrected chi connectivity index (χ0v) is 12.3. The van der Waals surface area contributed by atoms with Crippen molar-refractivity contribution in [3.8, 4) is 0 Å². The summed E-state index contributed by atoms with van der Waals surface area (Å²) in [5.41, 5.74) is 2.40. The van der Waals surface area contributed by atoms with Crippen LogP contribution in [0.5, 0.6) is 0 Å². The monoisotopic (exact) mass is 273 g/mol. The molecule has 0 unspecified atom stereocenters. The Morgan fingerprint density at radius 1 is 1.20 bits per heavy atom. The van der Waals surface area contributed by atoms with E-state index in [0.717, 1.165) is 38.3 Å². The number of nitrogens with zero attached hydrogens (tertiary/aromatic N) is 2. The summed E-state index contributed by atoms with van der Waals surface area (Å²) in [5.74, 6) is 0. The van der Waals surface area contributed by atoms with Crippen molar-refractivity contribution >= 4 is 10.9 Å². The first kappa shape index (κ1) is 14.9. The Morgan fingerprint density at radius 2 is 2.10 bits per heavy atom. The van der Waals surface area contributed by atoms with E-state index >= 15 is 0 Å². The third-order valence-electron chi connectivity index (χ3n) is 3.33. The first-order chi connectivity index (χ1) is 9.81. The van der Waals surface area contributed by atoms with Crippen molar-refractivity contribution in [2.45, 2.75) is 6.54 Å². The van der Waals surface area contributed by atoms with Crippen LogP contribution in [0.1, 0.15) is 5.56 Å². The number of hydrogen-bond donors (Lipinski definition) is 1. The second-order valence-electron chi connectivity index (χ2n) is 4.97. The van der Waals surface area contributed by atoms with E-state index in [1.54, 1.807) is 7.11 Å². The smallest absolute Gasteiger partial charge is 0.0705 e. The van der Waals surface area contributed by atoms with Gasteiger partial charge in [0.05, 0.1) is 12.1 Å². The van der Waals surface area contributed by atoms with E-state index in [-0.39, 0.29) is 0 Å². The van der Waals surface area contributed by atoms with Crippen molar-refractivity contribution in [3.63, 3.8) is 0 Å². The number of rotatable bonds is 8. The van der Waals surface area contributed by atoms with Gasteiger partial charge in [-0.2, -0.15) is 0 Å². The molecule has 1 aromatic carbocycles. The molecule has 4 heteroatoms. The predicted molar refractivity (Wildman–Crippen MR) is 82.8 cm³/mol. The molecule has 1 N–H and O–H groups in total. The highest BCUT2D eigenvalue weighted by molar-refractivity contribution is 5.81. The fraction of sp³-hybridized carbons (Fsp3) is 0.438. The Labute approximate surface area is 120 Å². The molecule has 0 aliphatic carbocycles. The molecule has 108 valence electrons. The van der Waals surface area contributed by atoms with Crippen LogP contribution < -0.4 is 5.32 Å². The summed E-state index contributed by atoms with van der Waals surface area (Å²) in [6, 6.07) is 10.5. The highest BCUT2D eigenvalue weighted by atomic mass is 16.5. The Morgan fingerprint density at radius 3 is 2.95 bits per heavy atom. The van der Waals surface area contributed by atoms with Gasteiger partial charge in [-0.25, -0.2) is 0 Å². The van der Waals surface area contributed by atoms with Crippen LogP contribution in [-0.2, 0) is 11.3 Å². The molecule has 4 nitrogen and oxygen atoms in total. The molecule has 0 spiro atoms. The predicted octanol–water partition coefficient (Wildman–Crippen LogP) is 1.90. The molecule has 0 aliphatic rings. The number of ether oxygens (including phenoxy) is 1. The molecule has 2 rings (SSSR count). The maximum atomic E-state index is 5.01. The van der Waals surface area contributed by atoms with Gasteiger partial charge in [-0.3, -0.25) is 4.98 Å². The van der Waals surface area contributed by atoms with Crippen molar-refractivity contribution in [3.05, 3.63) is 42.1 Å². The summed E-state index contributed by atoms with van der Waals surface area (Å²) in [6.07, 6.45) is 1.84. The first-order valence-corrected chi connectivity index (χ1v) is 7.02. The van der Waals surface area contributed by atoms with E-state index in [4.69, 9.17) is 4.74 Å². The van der Waals surface area contributed by atoms with Gasteiger partial charge >= 0.3 is 0 Å². The van der Waals surface area contributed by atoms with E-state index in [1.807, 2.05) is 12.3 Å². The van der Waals surface area contributed by atoms with Gasteiger partial charge in [-0.1, -0.05) is 18.2 Å². The van der Waals surface area contributed by atoms with E-state index in [2.05, 4.69) is 46.5 Å². The molecule has 1 aromatic heterocycles. The number of methoxy groups -OCH3 is 1. The second kappa shape index (κ2) is 7.94. The average Bonchev–Trinajstić information content (AvgIpc) is 2.47. The van der Waals surface area contributed by atoms with E-state index in [9.17, 15) is 0 Å². The summed E-state index contributed by atoms with van der Waals surface area (Å²) in [5, 5.41) is 4.61. The molecule has 0 bridgehead atoms. The molecule has 0 saturated carbocycles. The van der Waals surface area contributed by atoms with Crippen LogP contribution in [0.2, 0.25) is 0 Å². The minimum atomic E-state index is 0.763. The lowest BCUT2D eigenvalue weighted by Gasteiger charge is -2.18. The van der Waals surface area contributed by atoms with Crippen molar-refractivity contribution in [1.82, 2.24) is 15.2 Å². The summed E-state index contributed by atoms with van der Waals surface area (Å²) in [4.78, 5) is 6.72. The molecular formula is C16H23N3O. The van der Waals surface area contributed by atoms with Crippen LogP contribution in [0.25, 0.3) is 10.9 Å². The highest BCUT2D eigenvalue weighted by Gasteiger charge is 2.04. The van der Waals surface area contributed by atoms with Crippen LogP contribution >= 0.6 is 0 Å². The van der Waals surface area contributed by atoms with E-state index < -0.39 is 0 Å². The Bertz CT molecular complexity index is 525. The summed E-state index contributed by atoms with van der Waals surface area (Å²) in [7, 11) is 3.87. The second-order valence-corrected chi connectivity index (χ2v) is 4.97. The molecule has 1 heterocycles. The van der Waals surface area contributed by atoms with Gasteiger partial charge in [-0.05, 0) is 24.7 Å². The highest BCUT2D eigenvalue weighted by Crippen LogP contribution is 2.17. The Hall–Kier alpha value is -1.49. The fourth-order valence-electron chi connectivity index (χ4n) is 2.24. The van der Waals surface area contributed by atoms with Gasteiger partial charge < -0.3 is 15.0 Å². The molecule has 0 aliphatic heterocycles. The molecule has 0 saturated heterocycles. The molecule has 0 fully saturated rings. The minimum absolute atomic E-state index is 0.763. The molecule has 0 atom stereocenters. The Balaban J connectivity index is 1.88. The lowest BCUT2D eigenvalue weighted by atomic mass is 10.1. The van der Waals surface area contributed by atoms with Gasteiger partial charge in [0.15, 0.2) is 0 Å². The third kappa shape index (κ3) is 4.27. The zero-order valence-electron chi connectivity index (χ0n) is 12.3. The van der Waals surface area contributed by atoms with Crippen molar-refractivity contribution < 1.29 is 4.74 Å². The SMILES string of the molecule is COCCNCCN(C)Cc1cccc2ncccc12. The van der Waals surface area contributed by atoms with Crippen LogP contribution in [0.3, 0.4) is 0 Å². The van der Waals surface area contributed by atoms with E-state index in [1.165, 1.54) is 10.9 Å². The van der Waals surface area contributed by atoms with Gasteiger partial charge in [0.1, 0.15) is 0 Å². The quantitative estimate of drug-likeness (QED) is 0.746. The topological polar surface area (TPSA) is 37.4 Å². The number of nitrogens with one attached hydrogen (secondary N) is 1. The summed E-state index contributed by atoms with van der Waals surface area (Å²) >= 11 is 0.